The molecule has 1 amide bonds. The van der Waals surface area contributed by atoms with E-state index in [9.17, 15) is 4.79 Å². The Balaban J connectivity index is 1.33. The lowest BCUT2D eigenvalue weighted by atomic mass is 9.95. The summed E-state index contributed by atoms with van der Waals surface area (Å²) in [5, 5.41) is 7.32. The number of rotatable bonds is 3. The first kappa shape index (κ1) is 16.4. The second-order valence-corrected chi connectivity index (χ2v) is 9.23. The van der Waals surface area contributed by atoms with Crippen LogP contribution in [0, 0.1) is 5.92 Å². The fourth-order valence-electron chi connectivity index (χ4n) is 3.88. The van der Waals surface area contributed by atoms with Crippen LogP contribution < -0.4 is 27.2 Å². The number of hydrogen-bond acceptors (Lipinski definition) is 8. The minimum absolute atomic E-state index is 0.0807. The summed E-state index contributed by atoms with van der Waals surface area (Å²) in [5.74, 6) is 1.38. The largest absolute Gasteiger partial charge is 0.342 e. The maximum atomic E-state index is 12.7. The lowest BCUT2D eigenvalue weighted by molar-refractivity contribution is -0.121. The highest BCUT2D eigenvalue weighted by atomic mass is 32.2. The number of hydrazine groups is 1. The Morgan fingerprint density at radius 2 is 2.09 bits per heavy atom. The van der Waals surface area contributed by atoms with Gasteiger partial charge in [-0.3, -0.25) is 15.8 Å². The molecule has 4 fully saturated rings. The Kier molecular flexibility index (Phi) is 5.05. The van der Waals surface area contributed by atoms with Crippen LogP contribution in [0.4, 0.5) is 0 Å². The third-order valence-electron chi connectivity index (χ3n) is 5.09. The summed E-state index contributed by atoms with van der Waals surface area (Å²) in [4.78, 5) is 12.7. The predicted molar refractivity (Wildman–Crippen MR) is 92.2 cm³/mol. The fraction of sp³-hybridized carbons (Fsp3) is 0.929. The molecule has 3 heterocycles. The molecule has 1 saturated carbocycles. The second kappa shape index (κ2) is 7.07. The molecular formula is C14H25N5O2S2. The molecule has 3 saturated heterocycles. The maximum Gasteiger partial charge on any atom is 0.248 e. The Bertz CT molecular complexity index is 443. The van der Waals surface area contributed by atoms with Gasteiger partial charge in [-0.15, -0.1) is 23.5 Å². The topological polar surface area (TPSA) is 100 Å². The number of thioether (sulfide) groups is 2. The van der Waals surface area contributed by atoms with Crippen molar-refractivity contribution in [3.8, 4) is 0 Å². The molecule has 7 unspecified atom stereocenters. The minimum Gasteiger partial charge on any atom is -0.342 e. The van der Waals surface area contributed by atoms with Crippen LogP contribution >= 0.6 is 23.5 Å². The van der Waals surface area contributed by atoms with Crippen LogP contribution in [0.15, 0.2) is 0 Å². The second-order valence-electron chi connectivity index (χ2n) is 6.63. The van der Waals surface area contributed by atoms with E-state index in [-0.39, 0.29) is 28.8 Å². The van der Waals surface area contributed by atoms with E-state index in [1.165, 1.54) is 25.7 Å². The Morgan fingerprint density at radius 3 is 2.87 bits per heavy atom. The van der Waals surface area contributed by atoms with E-state index in [1.807, 2.05) is 11.8 Å². The summed E-state index contributed by atoms with van der Waals surface area (Å²) in [6, 6.07) is 0.513. The van der Waals surface area contributed by atoms with E-state index < -0.39 is 6.35 Å². The SMILES string of the molecule is NC1NNC(C2CCSC2NC(=O)C2NC3CCCCC3S2)O1. The highest BCUT2D eigenvalue weighted by Gasteiger charge is 2.43. The molecular weight excluding hydrogens is 334 g/mol. The van der Waals surface area contributed by atoms with E-state index in [4.69, 9.17) is 10.5 Å². The van der Waals surface area contributed by atoms with Crippen molar-refractivity contribution in [1.82, 2.24) is 21.5 Å². The molecule has 0 aromatic rings. The van der Waals surface area contributed by atoms with Gasteiger partial charge < -0.3 is 10.1 Å². The van der Waals surface area contributed by atoms with Crippen LogP contribution in [-0.2, 0) is 9.53 Å². The first-order valence-electron chi connectivity index (χ1n) is 8.46. The summed E-state index contributed by atoms with van der Waals surface area (Å²) >= 11 is 3.60. The van der Waals surface area contributed by atoms with Crippen LogP contribution in [0.2, 0.25) is 0 Å². The van der Waals surface area contributed by atoms with E-state index in [0.29, 0.717) is 11.3 Å². The van der Waals surface area contributed by atoms with Gasteiger partial charge in [0.15, 0.2) is 6.35 Å². The Labute approximate surface area is 144 Å². The summed E-state index contributed by atoms with van der Waals surface area (Å²) in [7, 11) is 0. The van der Waals surface area contributed by atoms with Crippen LogP contribution in [0.3, 0.4) is 0 Å². The third-order valence-corrected chi connectivity index (χ3v) is 7.92. The van der Waals surface area contributed by atoms with E-state index in [2.05, 4.69) is 21.5 Å². The molecule has 1 aliphatic carbocycles. The van der Waals surface area contributed by atoms with Gasteiger partial charge in [-0.25, -0.2) is 10.9 Å². The average Bonchev–Trinajstić information content (AvgIpc) is 3.25. The van der Waals surface area contributed by atoms with E-state index in [0.717, 1.165) is 12.2 Å². The summed E-state index contributed by atoms with van der Waals surface area (Å²) in [6.07, 6.45) is 5.40. The quantitative estimate of drug-likeness (QED) is 0.474. The van der Waals surface area contributed by atoms with Crippen molar-refractivity contribution < 1.29 is 9.53 Å². The van der Waals surface area contributed by atoms with Crippen molar-refractivity contribution in [2.24, 2.45) is 11.7 Å². The van der Waals surface area contributed by atoms with Crippen LogP contribution in [-0.4, -0.2) is 46.3 Å². The van der Waals surface area contributed by atoms with Gasteiger partial charge in [0.1, 0.15) is 11.6 Å². The first-order valence-corrected chi connectivity index (χ1v) is 10.5. The number of carbonyl (C=O) groups is 1. The molecule has 4 rings (SSSR count). The third kappa shape index (κ3) is 3.51. The van der Waals surface area contributed by atoms with Gasteiger partial charge in [0.2, 0.25) is 5.91 Å². The van der Waals surface area contributed by atoms with Gasteiger partial charge >= 0.3 is 0 Å². The predicted octanol–water partition coefficient (Wildman–Crippen LogP) is -0.152. The number of hydrogen-bond donors (Lipinski definition) is 5. The van der Waals surface area contributed by atoms with Crippen LogP contribution in [0.1, 0.15) is 32.1 Å². The standard InChI is InChI=1S/C14H25N5O2S2/c15-14-19-18-11(21-14)7-5-6-22-12(7)17-10(20)13-16-8-3-1-2-4-9(8)23-13/h7-9,11-14,16,18-19H,1-6,15H2,(H,17,20). The number of nitrogens with two attached hydrogens (primary N) is 1. The monoisotopic (exact) mass is 359 g/mol. The molecule has 9 heteroatoms. The van der Waals surface area contributed by atoms with Crippen molar-refractivity contribution in [3.05, 3.63) is 0 Å². The van der Waals surface area contributed by atoms with Gasteiger partial charge in [0, 0.05) is 17.2 Å². The van der Waals surface area contributed by atoms with Gasteiger partial charge in [-0.2, -0.15) is 0 Å². The minimum atomic E-state index is -0.475. The maximum absolute atomic E-state index is 12.7. The number of amides is 1. The molecule has 0 spiro atoms. The molecule has 0 aromatic heterocycles. The molecule has 7 nitrogen and oxygen atoms in total. The molecule has 23 heavy (non-hydrogen) atoms. The van der Waals surface area contributed by atoms with Crippen molar-refractivity contribution >= 4 is 29.4 Å². The molecule has 3 aliphatic heterocycles. The van der Waals surface area contributed by atoms with Crippen molar-refractivity contribution in [2.45, 2.75) is 66.7 Å². The van der Waals surface area contributed by atoms with Gasteiger partial charge in [-0.1, -0.05) is 12.8 Å². The number of nitrogens with one attached hydrogen (secondary N) is 4. The van der Waals surface area contributed by atoms with Crippen molar-refractivity contribution in [2.75, 3.05) is 5.75 Å². The lowest BCUT2D eigenvalue weighted by Gasteiger charge is -2.25. The van der Waals surface area contributed by atoms with E-state index in [1.54, 1.807) is 11.8 Å². The zero-order valence-corrected chi connectivity index (χ0v) is 14.6. The summed E-state index contributed by atoms with van der Waals surface area (Å²) in [5.41, 5.74) is 11.7. The highest BCUT2D eigenvalue weighted by molar-refractivity contribution is 8.01. The van der Waals surface area contributed by atoms with Crippen LogP contribution in [0.5, 0.6) is 0 Å². The molecule has 0 bridgehead atoms. The van der Waals surface area contributed by atoms with Gasteiger partial charge in [-0.05, 0) is 25.0 Å². The van der Waals surface area contributed by atoms with Gasteiger partial charge in [0.25, 0.3) is 0 Å². The highest BCUT2D eigenvalue weighted by Crippen LogP contribution is 2.38. The van der Waals surface area contributed by atoms with Crippen LogP contribution in [0.25, 0.3) is 0 Å². The number of carbonyl (C=O) groups excluding carboxylic acids is 1. The molecule has 0 aromatic carbocycles. The average molecular weight is 360 g/mol. The first-order chi connectivity index (χ1) is 11.2. The summed E-state index contributed by atoms with van der Waals surface area (Å²) in [6.45, 7) is 0. The van der Waals surface area contributed by atoms with Crippen molar-refractivity contribution in [3.63, 3.8) is 0 Å². The molecule has 4 aliphatic rings. The zero-order chi connectivity index (χ0) is 15.8. The lowest BCUT2D eigenvalue weighted by Crippen LogP contribution is -2.49. The molecule has 130 valence electrons. The Morgan fingerprint density at radius 1 is 1.22 bits per heavy atom. The van der Waals surface area contributed by atoms with Crippen molar-refractivity contribution in [1.29, 1.82) is 0 Å². The number of ether oxygens (including phenoxy) is 1. The fourth-order valence-corrected chi connectivity index (χ4v) is 6.76. The Hall–Kier alpha value is -0.0300. The molecule has 6 N–H and O–H groups in total. The zero-order valence-electron chi connectivity index (χ0n) is 13.0. The molecule has 7 atom stereocenters. The van der Waals surface area contributed by atoms with Gasteiger partial charge in [0.05, 0.1) is 5.37 Å². The smallest absolute Gasteiger partial charge is 0.248 e. The van der Waals surface area contributed by atoms with E-state index >= 15 is 0 Å². The number of fused-ring (bicyclic) bond motifs is 1. The molecule has 0 radical (unpaired) electrons. The normalized spacial score (nSPS) is 46.7. The summed E-state index contributed by atoms with van der Waals surface area (Å²) < 4.78 is 5.63.